The summed E-state index contributed by atoms with van der Waals surface area (Å²) in [6.07, 6.45) is 2.77. The third kappa shape index (κ3) is 4.65. The van der Waals surface area contributed by atoms with E-state index in [0.29, 0.717) is 25.9 Å². The van der Waals surface area contributed by atoms with E-state index in [0.717, 1.165) is 6.20 Å². The molecular formula is C14H22N4O5. The van der Waals surface area contributed by atoms with E-state index in [1.807, 2.05) is 0 Å². The van der Waals surface area contributed by atoms with Gasteiger partial charge in [0.15, 0.2) is 0 Å². The van der Waals surface area contributed by atoms with E-state index in [9.17, 15) is 20.0 Å². The molecule has 1 aliphatic heterocycles. The molecule has 1 aromatic heterocycles. The quantitative estimate of drug-likeness (QED) is 0.666. The Kier molecular flexibility index (Phi) is 4.60. The van der Waals surface area contributed by atoms with E-state index in [4.69, 9.17) is 4.74 Å². The van der Waals surface area contributed by atoms with Crippen molar-refractivity contribution >= 4 is 11.8 Å². The van der Waals surface area contributed by atoms with Crippen molar-refractivity contribution in [2.24, 2.45) is 0 Å². The number of nitro groups is 1. The molecule has 0 unspecified atom stereocenters. The van der Waals surface area contributed by atoms with Crippen LogP contribution in [-0.2, 0) is 11.3 Å². The molecule has 2 heterocycles. The lowest BCUT2D eigenvalue weighted by Crippen LogP contribution is -2.49. The topological polar surface area (TPSA) is 111 Å². The summed E-state index contributed by atoms with van der Waals surface area (Å²) in [5.41, 5.74) is -1.71. The van der Waals surface area contributed by atoms with Crippen LogP contribution in [0.15, 0.2) is 12.4 Å². The number of amides is 1. The number of carbonyl (C=O) groups excluding carboxylic acids is 1. The van der Waals surface area contributed by atoms with Crippen molar-refractivity contribution in [3.05, 3.63) is 22.5 Å². The summed E-state index contributed by atoms with van der Waals surface area (Å²) in [4.78, 5) is 23.7. The molecule has 0 radical (unpaired) electrons. The molecule has 23 heavy (non-hydrogen) atoms. The first-order chi connectivity index (χ1) is 10.6. The van der Waals surface area contributed by atoms with E-state index in [2.05, 4.69) is 5.10 Å². The number of ether oxygens (including phenoxy) is 1. The molecule has 1 N–H and O–H groups in total. The van der Waals surface area contributed by atoms with Gasteiger partial charge in [-0.05, 0) is 33.6 Å². The van der Waals surface area contributed by atoms with Gasteiger partial charge in [0, 0.05) is 13.1 Å². The number of piperidine rings is 1. The lowest BCUT2D eigenvalue weighted by Gasteiger charge is -2.38. The lowest BCUT2D eigenvalue weighted by molar-refractivity contribution is -0.385. The Balaban J connectivity index is 1.91. The highest BCUT2D eigenvalue weighted by molar-refractivity contribution is 5.68. The minimum absolute atomic E-state index is 0.111. The normalized spacial score (nSPS) is 17.8. The standard InChI is InChI=1S/C14H22N4O5/c1-13(2,3)23-12(19)16-6-4-14(20,5-7-16)10-17-9-11(8-15-17)18(21)22/h8-9,20H,4-7,10H2,1-3H3. The zero-order valence-corrected chi connectivity index (χ0v) is 13.6. The first-order valence-electron chi connectivity index (χ1n) is 7.45. The number of aliphatic hydroxyl groups is 1. The molecule has 128 valence electrons. The Morgan fingerprint density at radius 3 is 2.57 bits per heavy atom. The number of aromatic nitrogens is 2. The zero-order chi connectivity index (χ0) is 17.3. The van der Waals surface area contributed by atoms with Gasteiger partial charge in [0.2, 0.25) is 0 Å². The summed E-state index contributed by atoms with van der Waals surface area (Å²) in [5.74, 6) is 0. The highest BCUT2D eigenvalue weighted by Gasteiger charge is 2.36. The fraction of sp³-hybridized carbons (Fsp3) is 0.714. The van der Waals surface area contributed by atoms with E-state index in [-0.39, 0.29) is 12.2 Å². The summed E-state index contributed by atoms with van der Waals surface area (Å²) in [6, 6.07) is 0. The molecule has 0 aromatic carbocycles. The predicted molar refractivity (Wildman–Crippen MR) is 80.9 cm³/mol. The van der Waals surface area contributed by atoms with Crippen molar-refractivity contribution in [3.63, 3.8) is 0 Å². The third-order valence-corrected chi connectivity index (χ3v) is 3.63. The summed E-state index contributed by atoms with van der Waals surface area (Å²) in [7, 11) is 0. The Bertz CT molecular complexity index is 584. The van der Waals surface area contributed by atoms with Gasteiger partial charge >= 0.3 is 11.8 Å². The number of carbonyl (C=O) groups is 1. The largest absolute Gasteiger partial charge is 0.444 e. The van der Waals surface area contributed by atoms with Gasteiger partial charge in [-0.15, -0.1) is 0 Å². The molecule has 9 nitrogen and oxygen atoms in total. The maximum atomic E-state index is 12.0. The van der Waals surface area contributed by atoms with Crippen LogP contribution in [0.25, 0.3) is 0 Å². The molecule has 1 amide bonds. The highest BCUT2D eigenvalue weighted by Crippen LogP contribution is 2.25. The predicted octanol–water partition coefficient (Wildman–Crippen LogP) is 1.55. The van der Waals surface area contributed by atoms with Crippen molar-refractivity contribution < 1.29 is 19.6 Å². The molecule has 1 aliphatic rings. The van der Waals surface area contributed by atoms with Crippen LogP contribution in [0.4, 0.5) is 10.5 Å². The second-order valence-corrected chi connectivity index (χ2v) is 6.84. The average Bonchev–Trinajstić information content (AvgIpc) is 2.85. The minimum Gasteiger partial charge on any atom is -0.444 e. The maximum Gasteiger partial charge on any atom is 0.410 e. The van der Waals surface area contributed by atoms with Crippen molar-refractivity contribution in [1.82, 2.24) is 14.7 Å². The van der Waals surface area contributed by atoms with Crippen LogP contribution < -0.4 is 0 Å². The summed E-state index contributed by atoms with van der Waals surface area (Å²) >= 11 is 0. The SMILES string of the molecule is CC(C)(C)OC(=O)N1CCC(O)(Cn2cc([N+](=O)[O-])cn2)CC1. The molecule has 1 fully saturated rings. The van der Waals surface area contributed by atoms with Crippen molar-refractivity contribution in [1.29, 1.82) is 0 Å². The lowest BCUT2D eigenvalue weighted by atomic mass is 9.91. The van der Waals surface area contributed by atoms with Gasteiger partial charge in [0.05, 0.1) is 17.1 Å². The molecule has 0 saturated carbocycles. The Morgan fingerprint density at radius 2 is 2.09 bits per heavy atom. The summed E-state index contributed by atoms with van der Waals surface area (Å²) in [5, 5.41) is 25.1. The Labute approximate surface area is 134 Å². The van der Waals surface area contributed by atoms with Crippen molar-refractivity contribution in [2.45, 2.75) is 51.4 Å². The molecule has 0 spiro atoms. The first kappa shape index (κ1) is 17.2. The summed E-state index contributed by atoms with van der Waals surface area (Å²) < 4.78 is 6.67. The fourth-order valence-electron chi connectivity index (χ4n) is 2.43. The number of hydrogen-bond acceptors (Lipinski definition) is 6. The number of rotatable bonds is 3. The van der Waals surface area contributed by atoms with Crippen LogP contribution in [0, 0.1) is 10.1 Å². The van der Waals surface area contributed by atoms with E-state index in [1.54, 1.807) is 25.7 Å². The fourth-order valence-corrected chi connectivity index (χ4v) is 2.43. The molecule has 1 saturated heterocycles. The third-order valence-electron chi connectivity index (χ3n) is 3.63. The van der Waals surface area contributed by atoms with Crippen LogP contribution in [-0.4, -0.2) is 55.1 Å². The van der Waals surface area contributed by atoms with Gasteiger partial charge in [0.1, 0.15) is 18.0 Å². The first-order valence-corrected chi connectivity index (χ1v) is 7.45. The second kappa shape index (κ2) is 6.15. The van der Waals surface area contributed by atoms with Crippen molar-refractivity contribution in [3.8, 4) is 0 Å². The number of nitrogens with zero attached hydrogens (tertiary/aromatic N) is 4. The molecule has 0 bridgehead atoms. The average molecular weight is 326 g/mol. The van der Waals surface area contributed by atoms with Gasteiger partial charge in [-0.3, -0.25) is 14.8 Å². The van der Waals surface area contributed by atoms with Gasteiger partial charge in [0.25, 0.3) is 0 Å². The molecule has 2 rings (SSSR count). The van der Waals surface area contributed by atoms with Crippen LogP contribution in [0.2, 0.25) is 0 Å². The highest BCUT2D eigenvalue weighted by atomic mass is 16.6. The number of hydrogen-bond donors (Lipinski definition) is 1. The van der Waals surface area contributed by atoms with Gasteiger partial charge in [-0.1, -0.05) is 0 Å². The van der Waals surface area contributed by atoms with E-state index >= 15 is 0 Å². The second-order valence-electron chi connectivity index (χ2n) is 6.84. The van der Waals surface area contributed by atoms with Crippen LogP contribution in [0.5, 0.6) is 0 Å². The van der Waals surface area contributed by atoms with E-state index in [1.165, 1.54) is 10.9 Å². The smallest absolute Gasteiger partial charge is 0.410 e. The van der Waals surface area contributed by atoms with Gasteiger partial charge < -0.3 is 14.7 Å². The van der Waals surface area contributed by atoms with Crippen LogP contribution in [0.1, 0.15) is 33.6 Å². The van der Waals surface area contributed by atoms with Crippen LogP contribution >= 0.6 is 0 Å². The van der Waals surface area contributed by atoms with Gasteiger partial charge in [-0.2, -0.15) is 5.10 Å². The zero-order valence-electron chi connectivity index (χ0n) is 13.6. The Hall–Kier alpha value is -2.16. The molecule has 9 heteroatoms. The van der Waals surface area contributed by atoms with Crippen molar-refractivity contribution in [2.75, 3.05) is 13.1 Å². The molecule has 0 atom stereocenters. The monoisotopic (exact) mass is 326 g/mol. The molecule has 0 aliphatic carbocycles. The van der Waals surface area contributed by atoms with Crippen LogP contribution in [0.3, 0.4) is 0 Å². The Morgan fingerprint density at radius 1 is 1.48 bits per heavy atom. The maximum absolute atomic E-state index is 12.0. The molecule has 1 aromatic rings. The van der Waals surface area contributed by atoms with Gasteiger partial charge in [-0.25, -0.2) is 4.79 Å². The minimum atomic E-state index is -1.04. The number of likely N-dealkylation sites (tertiary alicyclic amines) is 1. The van der Waals surface area contributed by atoms with E-state index < -0.39 is 22.2 Å². The summed E-state index contributed by atoms with van der Waals surface area (Å²) in [6.45, 7) is 6.30. The molecular weight excluding hydrogens is 304 g/mol.